The van der Waals surface area contributed by atoms with E-state index in [4.69, 9.17) is 16.3 Å². The predicted molar refractivity (Wildman–Crippen MR) is 61.6 cm³/mol. The van der Waals surface area contributed by atoms with Crippen LogP contribution in [-0.4, -0.2) is 28.5 Å². The molecule has 15 heavy (non-hydrogen) atoms. The maximum atomic E-state index is 5.83. The highest BCUT2D eigenvalue weighted by atomic mass is 35.5. The van der Waals surface area contributed by atoms with Gasteiger partial charge in [0.25, 0.3) is 0 Å². The Morgan fingerprint density at radius 1 is 1.53 bits per heavy atom. The van der Waals surface area contributed by atoms with Crippen LogP contribution in [0, 0.1) is 0 Å². The largest absolute Gasteiger partial charge is 0.478 e. The van der Waals surface area contributed by atoms with Crippen molar-refractivity contribution in [3.05, 3.63) is 12.4 Å². The number of hydrogen-bond acceptors (Lipinski definition) is 4. The highest BCUT2D eigenvalue weighted by Gasteiger charge is 1.99. The molecule has 0 bridgehead atoms. The van der Waals surface area contributed by atoms with Crippen LogP contribution in [0.25, 0.3) is 0 Å². The van der Waals surface area contributed by atoms with E-state index in [0.29, 0.717) is 12.5 Å². The topological polar surface area (TPSA) is 47.0 Å². The summed E-state index contributed by atoms with van der Waals surface area (Å²) in [5, 5.41) is 3.33. The first-order valence-corrected chi connectivity index (χ1v) is 5.48. The van der Waals surface area contributed by atoms with Gasteiger partial charge in [-0.05, 0) is 20.3 Å². The van der Waals surface area contributed by atoms with Crippen molar-refractivity contribution in [2.45, 2.75) is 25.6 Å². The number of hydrogen-bond donors (Lipinski definition) is 1. The van der Waals surface area contributed by atoms with Gasteiger partial charge in [0.1, 0.15) is 12.1 Å². The standard InChI is InChI=1S/C10H16ClN3O/c1-3-15-10-6-9(13-7-14-10)12-5-4-8(2)11/h6-8H,3-5H2,1-2H3,(H,12,13,14). The summed E-state index contributed by atoms with van der Waals surface area (Å²) in [4.78, 5) is 8.05. The first kappa shape index (κ1) is 12.0. The third-order valence-electron chi connectivity index (χ3n) is 1.78. The summed E-state index contributed by atoms with van der Waals surface area (Å²) in [6.07, 6.45) is 2.38. The van der Waals surface area contributed by atoms with Crippen LogP contribution in [-0.2, 0) is 0 Å². The van der Waals surface area contributed by atoms with Crippen molar-refractivity contribution in [2.24, 2.45) is 0 Å². The lowest BCUT2D eigenvalue weighted by Crippen LogP contribution is -2.08. The Hall–Kier alpha value is -1.03. The Morgan fingerprint density at radius 2 is 2.33 bits per heavy atom. The number of anilines is 1. The third-order valence-corrected chi connectivity index (χ3v) is 2.00. The van der Waals surface area contributed by atoms with Gasteiger partial charge in [0.2, 0.25) is 5.88 Å². The van der Waals surface area contributed by atoms with Gasteiger partial charge < -0.3 is 10.1 Å². The summed E-state index contributed by atoms with van der Waals surface area (Å²) in [5.74, 6) is 1.36. The van der Waals surface area contributed by atoms with Crippen molar-refractivity contribution in [3.63, 3.8) is 0 Å². The van der Waals surface area contributed by atoms with Gasteiger partial charge in [-0.1, -0.05) is 0 Å². The van der Waals surface area contributed by atoms with E-state index in [1.165, 1.54) is 6.33 Å². The second kappa shape index (κ2) is 6.45. The molecule has 0 aliphatic heterocycles. The number of ether oxygens (including phenoxy) is 1. The molecule has 1 N–H and O–H groups in total. The zero-order chi connectivity index (χ0) is 11.1. The fourth-order valence-electron chi connectivity index (χ4n) is 1.06. The molecule has 0 fully saturated rings. The summed E-state index contributed by atoms with van der Waals surface area (Å²) >= 11 is 5.83. The fourth-order valence-corrected chi connectivity index (χ4v) is 1.17. The lowest BCUT2D eigenvalue weighted by Gasteiger charge is -2.07. The Bertz CT molecular complexity index is 294. The number of aromatic nitrogens is 2. The molecule has 0 amide bonds. The molecule has 0 saturated heterocycles. The smallest absolute Gasteiger partial charge is 0.218 e. The second-order valence-corrected chi connectivity index (χ2v) is 3.92. The van der Waals surface area contributed by atoms with Crippen LogP contribution < -0.4 is 10.1 Å². The Labute approximate surface area is 95.0 Å². The molecule has 0 spiro atoms. The zero-order valence-corrected chi connectivity index (χ0v) is 9.79. The molecule has 1 aromatic rings. The Kier molecular flexibility index (Phi) is 5.18. The van der Waals surface area contributed by atoms with E-state index in [2.05, 4.69) is 15.3 Å². The van der Waals surface area contributed by atoms with Crippen LogP contribution in [0.15, 0.2) is 12.4 Å². The first-order chi connectivity index (χ1) is 7.22. The molecule has 1 heterocycles. The van der Waals surface area contributed by atoms with E-state index in [1.807, 2.05) is 13.8 Å². The molecule has 1 rings (SSSR count). The first-order valence-electron chi connectivity index (χ1n) is 5.05. The van der Waals surface area contributed by atoms with E-state index in [-0.39, 0.29) is 5.38 Å². The molecule has 4 nitrogen and oxygen atoms in total. The molecule has 1 unspecified atom stereocenters. The van der Waals surface area contributed by atoms with Crippen molar-refractivity contribution in [2.75, 3.05) is 18.5 Å². The summed E-state index contributed by atoms with van der Waals surface area (Å²) in [5.41, 5.74) is 0. The van der Waals surface area contributed by atoms with E-state index < -0.39 is 0 Å². The number of halogens is 1. The van der Waals surface area contributed by atoms with Crippen molar-refractivity contribution >= 4 is 17.4 Å². The van der Waals surface area contributed by atoms with E-state index in [1.54, 1.807) is 6.07 Å². The zero-order valence-electron chi connectivity index (χ0n) is 9.03. The number of alkyl halides is 1. The lowest BCUT2D eigenvalue weighted by atomic mass is 10.3. The van der Waals surface area contributed by atoms with Gasteiger partial charge in [-0.15, -0.1) is 11.6 Å². The molecule has 0 aliphatic rings. The van der Waals surface area contributed by atoms with Gasteiger partial charge in [0.15, 0.2) is 0 Å². The molecule has 0 saturated carbocycles. The summed E-state index contributed by atoms with van der Waals surface area (Å²) < 4.78 is 5.26. The van der Waals surface area contributed by atoms with Crippen molar-refractivity contribution in [1.82, 2.24) is 9.97 Å². The Balaban J connectivity index is 2.43. The molecular weight excluding hydrogens is 214 g/mol. The van der Waals surface area contributed by atoms with E-state index in [9.17, 15) is 0 Å². The minimum atomic E-state index is 0.172. The van der Waals surface area contributed by atoms with E-state index >= 15 is 0 Å². The fraction of sp³-hybridized carbons (Fsp3) is 0.600. The molecule has 0 radical (unpaired) electrons. The average molecular weight is 230 g/mol. The van der Waals surface area contributed by atoms with Crippen LogP contribution in [0.5, 0.6) is 5.88 Å². The van der Waals surface area contributed by atoms with Gasteiger partial charge in [0.05, 0.1) is 6.61 Å². The summed E-state index contributed by atoms with van der Waals surface area (Å²) in [6, 6.07) is 1.78. The van der Waals surface area contributed by atoms with Crippen molar-refractivity contribution in [1.29, 1.82) is 0 Å². The molecule has 84 valence electrons. The highest BCUT2D eigenvalue weighted by molar-refractivity contribution is 6.20. The maximum Gasteiger partial charge on any atom is 0.218 e. The van der Waals surface area contributed by atoms with Gasteiger partial charge in [-0.2, -0.15) is 0 Å². The Morgan fingerprint density at radius 3 is 3.00 bits per heavy atom. The van der Waals surface area contributed by atoms with Gasteiger partial charge in [0, 0.05) is 18.0 Å². The number of rotatable bonds is 6. The molecule has 1 atom stereocenters. The minimum absolute atomic E-state index is 0.172. The predicted octanol–water partition coefficient (Wildman–Crippen LogP) is 2.30. The molecule has 5 heteroatoms. The van der Waals surface area contributed by atoms with Crippen molar-refractivity contribution in [3.8, 4) is 5.88 Å². The van der Waals surface area contributed by atoms with Crippen LogP contribution in [0.2, 0.25) is 0 Å². The SMILES string of the molecule is CCOc1cc(NCCC(C)Cl)ncn1. The van der Waals surface area contributed by atoms with Crippen LogP contribution in [0.1, 0.15) is 20.3 Å². The molecule has 0 aliphatic carbocycles. The molecular formula is C10H16ClN3O. The quantitative estimate of drug-likeness (QED) is 0.761. The normalized spacial score (nSPS) is 12.2. The van der Waals surface area contributed by atoms with Gasteiger partial charge in [-0.25, -0.2) is 9.97 Å². The van der Waals surface area contributed by atoms with Gasteiger partial charge in [-0.3, -0.25) is 0 Å². The molecule has 1 aromatic heterocycles. The summed E-state index contributed by atoms with van der Waals surface area (Å²) in [6.45, 7) is 5.29. The van der Waals surface area contributed by atoms with Crippen LogP contribution in [0.4, 0.5) is 5.82 Å². The number of nitrogens with one attached hydrogen (secondary N) is 1. The third kappa shape index (κ3) is 4.83. The monoisotopic (exact) mass is 229 g/mol. The van der Waals surface area contributed by atoms with Crippen molar-refractivity contribution < 1.29 is 4.74 Å². The van der Waals surface area contributed by atoms with Crippen LogP contribution >= 0.6 is 11.6 Å². The highest BCUT2D eigenvalue weighted by Crippen LogP contribution is 2.11. The number of nitrogens with zero attached hydrogens (tertiary/aromatic N) is 2. The minimum Gasteiger partial charge on any atom is -0.478 e. The lowest BCUT2D eigenvalue weighted by molar-refractivity contribution is 0.326. The average Bonchev–Trinajstić information content (AvgIpc) is 2.18. The van der Waals surface area contributed by atoms with Gasteiger partial charge >= 0.3 is 0 Å². The summed E-state index contributed by atoms with van der Waals surface area (Å²) in [7, 11) is 0. The van der Waals surface area contributed by atoms with E-state index in [0.717, 1.165) is 18.8 Å². The maximum absolute atomic E-state index is 5.83. The molecule has 0 aromatic carbocycles. The second-order valence-electron chi connectivity index (χ2n) is 3.17. The van der Waals surface area contributed by atoms with Crippen LogP contribution in [0.3, 0.4) is 0 Å².